The molecule has 2 rings (SSSR count). The minimum absolute atomic E-state index is 0.285. The fourth-order valence-corrected chi connectivity index (χ4v) is 1.61. The molecule has 2 heterocycles. The van der Waals surface area contributed by atoms with E-state index in [9.17, 15) is 4.79 Å². The van der Waals surface area contributed by atoms with Gasteiger partial charge < -0.3 is 0 Å². The summed E-state index contributed by atoms with van der Waals surface area (Å²) in [6.45, 7) is 1.73. The van der Waals surface area contributed by atoms with Crippen molar-refractivity contribution in [3.63, 3.8) is 0 Å². The average Bonchev–Trinajstić information content (AvgIpc) is 2.70. The number of hydrazine groups is 1. The van der Waals surface area contributed by atoms with Gasteiger partial charge in [0.15, 0.2) is 5.82 Å². The van der Waals surface area contributed by atoms with Crippen LogP contribution in [-0.4, -0.2) is 20.7 Å². The van der Waals surface area contributed by atoms with Crippen LogP contribution in [-0.2, 0) is 7.05 Å². The number of hydrogen-bond acceptors (Lipinski definition) is 5. The zero-order chi connectivity index (χ0) is 13.8. The summed E-state index contributed by atoms with van der Waals surface area (Å²) in [5.41, 5.74) is 6.44. The smallest absolute Gasteiger partial charge is 0.281 e. The van der Waals surface area contributed by atoms with Gasteiger partial charge in [0.05, 0.1) is 5.69 Å². The number of pyridine rings is 1. The Labute approximate surface area is 109 Å². The molecule has 0 fully saturated rings. The second-order valence-electron chi connectivity index (χ2n) is 3.84. The maximum Gasteiger partial charge on any atom is 0.288 e. The molecule has 2 aromatic heterocycles. The van der Waals surface area contributed by atoms with Gasteiger partial charge in [-0.2, -0.15) is 10.4 Å². The van der Waals surface area contributed by atoms with Crippen molar-refractivity contribution in [3.8, 4) is 6.07 Å². The zero-order valence-corrected chi connectivity index (χ0v) is 10.5. The molecule has 0 radical (unpaired) electrons. The molecule has 0 aliphatic heterocycles. The Bertz CT molecular complexity index is 640. The van der Waals surface area contributed by atoms with Gasteiger partial charge in [0, 0.05) is 13.2 Å². The van der Waals surface area contributed by atoms with Crippen molar-refractivity contribution < 1.29 is 4.79 Å². The minimum atomic E-state index is -0.386. The SMILES string of the molecule is Cc1nn(C)c(NNC(=O)c2ccccn2)c1C#N. The number of nitriles is 1. The molecule has 1 amide bonds. The number of aryl methyl sites for hydroxylation is 2. The van der Waals surface area contributed by atoms with Crippen LogP contribution in [0.1, 0.15) is 21.7 Å². The summed E-state index contributed by atoms with van der Waals surface area (Å²) >= 11 is 0. The van der Waals surface area contributed by atoms with Crippen LogP contribution in [0.5, 0.6) is 0 Å². The summed E-state index contributed by atoms with van der Waals surface area (Å²) < 4.78 is 1.49. The highest BCUT2D eigenvalue weighted by Gasteiger charge is 2.14. The van der Waals surface area contributed by atoms with Crippen molar-refractivity contribution in [2.75, 3.05) is 5.43 Å². The van der Waals surface area contributed by atoms with E-state index in [0.717, 1.165) is 0 Å². The van der Waals surface area contributed by atoms with Crippen LogP contribution in [0, 0.1) is 18.3 Å². The highest BCUT2D eigenvalue weighted by Crippen LogP contribution is 2.16. The lowest BCUT2D eigenvalue weighted by Gasteiger charge is -2.08. The van der Waals surface area contributed by atoms with E-state index in [-0.39, 0.29) is 11.6 Å². The lowest BCUT2D eigenvalue weighted by molar-refractivity contribution is 0.0957. The molecule has 19 heavy (non-hydrogen) atoms. The molecule has 7 heteroatoms. The normalized spacial score (nSPS) is 9.74. The number of rotatable bonds is 3. The Kier molecular flexibility index (Phi) is 3.43. The van der Waals surface area contributed by atoms with Gasteiger partial charge in [0.1, 0.15) is 17.3 Å². The average molecular weight is 256 g/mol. The van der Waals surface area contributed by atoms with Crippen molar-refractivity contribution in [2.24, 2.45) is 7.05 Å². The van der Waals surface area contributed by atoms with E-state index in [0.29, 0.717) is 17.1 Å². The van der Waals surface area contributed by atoms with Crippen molar-refractivity contribution in [1.82, 2.24) is 20.2 Å². The molecular weight excluding hydrogens is 244 g/mol. The Hall–Kier alpha value is -2.88. The number of anilines is 1. The minimum Gasteiger partial charge on any atom is -0.281 e. The van der Waals surface area contributed by atoms with Gasteiger partial charge in [-0.1, -0.05) is 6.07 Å². The number of carbonyl (C=O) groups is 1. The summed E-state index contributed by atoms with van der Waals surface area (Å²) in [5.74, 6) is 0.0487. The largest absolute Gasteiger partial charge is 0.288 e. The van der Waals surface area contributed by atoms with Crippen molar-refractivity contribution in [1.29, 1.82) is 5.26 Å². The fourth-order valence-electron chi connectivity index (χ4n) is 1.61. The zero-order valence-electron chi connectivity index (χ0n) is 10.5. The first-order chi connectivity index (χ1) is 9.13. The Morgan fingerprint density at radius 1 is 1.47 bits per heavy atom. The number of nitrogens with zero attached hydrogens (tertiary/aromatic N) is 4. The maximum absolute atomic E-state index is 11.8. The second kappa shape index (κ2) is 5.18. The molecule has 2 aromatic rings. The van der Waals surface area contributed by atoms with Crippen LogP contribution in [0.3, 0.4) is 0 Å². The maximum atomic E-state index is 11.8. The summed E-state index contributed by atoms with van der Waals surface area (Å²) in [4.78, 5) is 15.7. The molecule has 0 saturated heterocycles. The molecule has 0 aliphatic carbocycles. The summed E-state index contributed by atoms with van der Waals surface area (Å²) in [6.07, 6.45) is 1.53. The van der Waals surface area contributed by atoms with Crippen LogP contribution in [0.2, 0.25) is 0 Å². The monoisotopic (exact) mass is 256 g/mol. The standard InChI is InChI=1S/C12H12N6O/c1-8-9(7-13)11(18(2)17-8)15-16-12(19)10-5-3-4-6-14-10/h3-6,15H,1-2H3,(H,16,19). The van der Waals surface area contributed by atoms with E-state index >= 15 is 0 Å². The molecule has 0 aromatic carbocycles. The van der Waals surface area contributed by atoms with Crippen molar-refractivity contribution in [3.05, 3.63) is 41.3 Å². The van der Waals surface area contributed by atoms with E-state index in [2.05, 4.69) is 20.9 Å². The van der Waals surface area contributed by atoms with Gasteiger partial charge in [-0.25, -0.2) is 0 Å². The summed E-state index contributed by atoms with van der Waals surface area (Å²) in [5, 5.41) is 13.1. The van der Waals surface area contributed by atoms with E-state index in [1.54, 1.807) is 32.2 Å². The van der Waals surface area contributed by atoms with Gasteiger partial charge in [-0.15, -0.1) is 0 Å². The Balaban J connectivity index is 2.12. The van der Waals surface area contributed by atoms with Gasteiger partial charge in [0.25, 0.3) is 5.91 Å². The number of hydrogen-bond donors (Lipinski definition) is 2. The third-order valence-electron chi connectivity index (χ3n) is 2.53. The van der Waals surface area contributed by atoms with Crippen LogP contribution in [0.4, 0.5) is 5.82 Å². The molecule has 0 spiro atoms. The van der Waals surface area contributed by atoms with Gasteiger partial charge in [-0.05, 0) is 19.1 Å². The highest BCUT2D eigenvalue weighted by molar-refractivity contribution is 5.92. The van der Waals surface area contributed by atoms with E-state index in [1.165, 1.54) is 10.9 Å². The number of amides is 1. The number of nitrogens with one attached hydrogen (secondary N) is 2. The predicted molar refractivity (Wildman–Crippen MR) is 68.0 cm³/mol. The van der Waals surface area contributed by atoms with Crippen molar-refractivity contribution >= 4 is 11.7 Å². The molecule has 96 valence electrons. The number of aromatic nitrogens is 3. The third kappa shape index (κ3) is 2.52. The molecule has 2 N–H and O–H groups in total. The van der Waals surface area contributed by atoms with E-state index in [1.807, 2.05) is 6.07 Å². The summed E-state index contributed by atoms with van der Waals surface area (Å²) in [6, 6.07) is 7.07. The first kappa shape index (κ1) is 12.6. The topological polar surface area (TPSA) is 95.6 Å². The first-order valence-electron chi connectivity index (χ1n) is 5.54. The first-order valence-corrected chi connectivity index (χ1v) is 5.54. The highest BCUT2D eigenvalue weighted by atomic mass is 16.2. The lowest BCUT2D eigenvalue weighted by Crippen LogP contribution is -2.31. The number of carbonyl (C=O) groups excluding carboxylic acids is 1. The van der Waals surface area contributed by atoms with Gasteiger partial charge >= 0.3 is 0 Å². The molecule has 0 atom stereocenters. The lowest BCUT2D eigenvalue weighted by atomic mass is 10.3. The molecule has 0 bridgehead atoms. The van der Waals surface area contributed by atoms with Crippen LogP contribution < -0.4 is 10.9 Å². The van der Waals surface area contributed by atoms with Gasteiger partial charge in [-0.3, -0.25) is 25.3 Å². The molecule has 7 nitrogen and oxygen atoms in total. The molecule has 0 aliphatic rings. The van der Waals surface area contributed by atoms with Crippen LogP contribution >= 0.6 is 0 Å². The van der Waals surface area contributed by atoms with Crippen LogP contribution in [0.15, 0.2) is 24.4 Å². The van der Waals surface area contributed by atoms with Crippen molar-refractivity contribution in [2.45, 2.75) is 6.92 Å². The Morgan fingerprint density at radius 2 is 2.26 bits per heavy atom. The van der Waals surface area contributed by atoms with Crippen LogP contribution in [0.25, 0.3) is 0 Å². The molecule has 0 unspecified atom stereocenters. The predicted octanol–water partition coefficient (Wildman–Crippen LogP) is 0.752. The second-order valence-corrected chi connectivity index (χ2v) is 3.84. The fraction of sp³-hybridized carbons (Fsp3) is 0.167. The van der Waals surface area contributed by atoms with E-state index in [4.69, 9.17) is 5.26 Å². The third-order valence-corrected chi connectivity index (χ3v) is 2.53. The van der Waals surface area contributed by atoms with E-state index < -0.39 is 0 Å². The molecule has 0 saturated carbocycles. The van der Waals surface area contributed by atoms with Gasteiger partial charge in [0.2, 0.25) is 0 Å². The summed E-state index contributed by atoms with van der Waals surface area (Å²) in [7, 11) is 1.68. The Morgan fingerprint density at radius 3 is 2.89 bits per heavy atom. The quantitative estimate of drug-likeness (QED) is 0.790. The molecular formula is C12H12N6O.